The molecule has 2 aliphatic heterocycles. The molecule has 2 aromatic rings. The Morgan fingerprint density at radius 3 is 2.61 bits per heavy atom. The van der Waals surface area contributed by atoms with Crippen LogP contribution in [0, 0.1) is 0 Å². The van der Waals surface area contributed by atoms with Gasteiger partial charge in [-0.05, 0) is 30.5 Å². The molecule has 152 valence electrons. The van der Waals surface area contributed by atoms with Crippen LogP contribution in [0.2, 0.25) is 0 Å². The number of hydrogen-bond donors (Lipinski definition) is 1. The third-order valence-corrected chi connectivity index (χ3v) is 5.38. The maximum atomic E-state index is 12.7. The summed E-state index contributed by atoms with van der Waals surface area (Å²) < 4.78 is 51.2. The van der Waals surface area contributed by atoms with E-state index >= 15 is 0 Å². The molecule has 2 fully saturated rings. The molecule has 3 heterocycles. The molecule has 4 rings (SSSR count). The second-order valence-electron chi connectivity index (χ2n) is 7.28. The highest BCUT2D eigenvalue weighted by Crippen LogP contribution is 2.30. The average molecular weight is 396 g/mol. The summed E-state index contributed by atoms with van der Waals surface area (Å²) in [6.45, 7) is 3.14. The van der Waals surface area contributed by atoms with Gasteiger partial charge in [-0.1, -0.05) is 17.3 Å². The highest BCUT2D eigenvalue weighted by atomic mass is 19.4. The molecular formula is C19H23F3N4O2. The van der Waals surface area contributed by atoms with Crippen molar-refractivity contribution in [3.05, 3.63) is 47.3 Å². The number of rotatable bonds is 5. The van der Waals surface area contributed by atoms with Crippen LogP contribution in [0.3, 0.4) is 0 Å². The Kier molecular flexibility index (Phi) is 5.65. The molecule has 1 aromatic carbocycles. The molecule has 2 aliphatic rings. The Hall–Kier alpha value is -1.97. The normalized spacial score (nSPS) is 24.0. The van der Waals surface area contributed by atoms with Gasteiger partial charge >= 0.3 is 6.18 Å². The van der Waals surface area contributed by atoms with Gasteiger partial charge in [0.1, 0.15) is 0 Å². The van der Waals surface area contributed by atoms with Crippen molar-refractivity contribution in [2.45, 2.75) is 43.7 Å². The van der Waals surface area contributed by atoms with Crippen molar-refractivity contribution in [3.63, 3.8) is 0 Å². The van der Waals surface area contributed by atoms with Gasteiger partial charge in [0, 0.05) is 38.4 Å². The number of hydrogen-bond acceptors (Lipinski definition) is 5. The van der Waals surface area contributed by atoms with Gasteiger partial charge in [-0.25, -0.2) is 4.68 Å². The summed E-state index contributed by atoms with van der Waals surface area (Å²) in [7, 11) is 0. The summed E-state index contributed by atoms with van der Waals surface area (Å²) in [5.41, 5.74) is 1.04. The molecule has 6 nitrogen and oxygen atoms in total. The second-order valence-corrected chi connectivity index (χ2v) is 7.28. The van der Waals surface area contributed by atoms with Crippen LogP contribution in [0.25, 0.3) is 0 Å². The van der Waals surface area contributed by atoms with E-state index in [1.165, 1.54) is 12.1 Å². The fourth-order valence-electron chi connectivity index (χ4n) is 3.70. The minimum absolute atomic E-state index is 0.00976. The second kappa shape index (κ2) is 8.18. The summed E-state index contributed by atoms with van der Waals surface area (Å²) in [4.78, 5) is 0. The standard InChI is InChI=1S/C19H23F3N4O2/c20-19(21,22)15-3-1-13(2-4-15)12-28-18-10-23-9-17(18)26-11-16(24-25-26)14-5-7-27-8-6-14/h1-4,11,14,17-18,23H,5-10,12H2. The van der Waals surface area contributed by atoms with Crippen LogP contribution < -0.4 is 5.32 Å². The Bertz CT molecular complexity index is 772. The van der Waals surface area contributed by atoms with E-state index in [-0.39, 0.29) is 18.8 Å². The van der Waals surface area contributed by atoms with E-state index in [4.69, 9.17) is 9.47 Å². The van der Waals surface area contributed by atoms with E-state index in [2.05, 4.69) is 15.6 Å². The lowest BCUT2D eigenvalue weighted by Crippen LogP contribution is -2.26. The molecule has 0 radical (unpaired) electrons. The molecule has 28 heavy (non-hydrogen) atoms. The van der Waals surface area contributed by atoms with E-state index in [9.17, 15) is 13.2 Å². The molecular weight excluding hydrogens is 373 g/mol. The van der Waals surface area contributed by atoms with Crippen LogP contribution in [0.1, 0.15) is 41.6 Å². The van der Waals surface area contributed by atoms with Gasteiger partial charge in [0.25, 0.3) is 0 Å². The minimum atomic E-state index is -4.32. The molecule has 1 N–H and O–H groups in total. The fourth-order valence-corrected chi connectivity index (χ4v) is 3.70. The largest absolute Gasteiger partial charge is 0.416 e. The monoisotopic (exact) mass is 396 g/mol. The van der Waals surface area contributed by atoms with Gasteiger partial charge < -0.3 is 14.8 Å². The maximum absolute atomic E-state index is 12.7. The van der Waals surface area contributed by atoms with Crippen LogP contribution in [-0.2, 0) is 22.3 Å². The first-order chi connectivity index (χ1) is 13.5. The zero-order chi connectivity index (χ0) is 19.6. The molecule has 9 heteroatoms. The van der Waals surface area contributed by atoms with Crippen molar-refractivity contribution < 1.29 is 22.6 Å². The Labute approximate surface area is 161 Å². The predicted molar refractivity (Wildman–Crippen MR) is 94.7 cm³/mol. The third-order valence-electron chi connectivity index (χ3n) is 5.38. The summed E-state index contributed by atoms with van der Waals surface area (Å²) >= 11 is 0. The van der Waals surface area contributed by atoms with Crippen LogP contribution >= 0.6 is 0 Å². The summed E-state index contributed by atoms with van der Waals surface area (Å²) in [6.07, 6.45) is -0.547. The van der Waals surface area contributed by atoms with Gasteiger partial charge in [0.15, 0.2) is 0 Å². The molecule has 2 unspecified atom stereocenters. The molecule has 0 bridgehead atoms. The third kappa shape index (κ3) is 4.37. The summed E-state index contributed by atoms with van der Waals surface area (Å²) in [5.74, 6) is 0.378. The Morgan fingerprint density at radius 1 is 1.14 bits per heavy atom. The van der Waals surface area contributed by atoms with Crippen LogP contribution in [0.4, 0.5) is 13.2 Å². The Balaban J connectivity index is 1.37. The average Bonchev–Trinajstić information content (AvgIpc) is 3.36. The zero-order valence-electron chi connectivity index (χ0n) is 15.4. The molecule has 0 aliphatic carbocycles. The maximum Gasteiger partial charge on any atom is 0.416 e. The van der Waals surface area contributed by atoms with Gasteiger partial charge in [-0.15, -0.1) is 5.10 Å². The number of ether oxygens (including phenoxy) is 2. The fraction of sp³-hybridized carbons (Fsp3) is 0.579. The number of nitrogens with one attached hydrogen (secondary N) is 1. The SMILES string of the molecule is FC(F)(F)c1ccc(COC2CNCC2n2cc(C3CCOCC3)nn2)cc1. The van der Waals surface area contributed by atoms with E-state index in [1.807, 2.05) is 10.9 Å². The van der Waals surface area contributed by atoms with Gasteiger partial charge in [0.05, 0.1) is 30.0 Å². The lowest BCUT2D eigenvalue weighted by Gasteiger charge is -2.20. The van der Waals surface area contributed by atoms with E-state index in [1.54, 1.807) is 0 Å². The van der Waals surface area contributed by atoms with E-state index < -0.39 is 11.7 Å². The molecule has 1 aromatic heterocycles. The van der Waals surface area contributed by atoms with Crippen LogP contribution in [0.15, 0.2) is 30.5 Å². The first-order valence-corrected chi connectivity index (χ1v) is 9.48. The van der Waals surface area contributed by atoms with Crippen molar-refractivity contribution in [1.29, 1.82) is 0 Å². The van der Waals surface area contributed by atoms with Gasteiger partial charge in [0.2, 0.25) is 0 Å². The van der Waals surface area contributed by atoms with Crippen molar-refractivity contribution in [2.75, 3.05) is 26.3 Å². The molecule has 2 saturated heterocycles. The number of alkyl halides is 3. The van der Waals surface area contributed by atoms with Crippen molar-refractivity contribution in [2.24, 2.45) is 0 Å². The summed E-state index contributed by atoms with van der Waals surface area (Å²) in [6, 6.07) is 5.09. The minimum Gasteiger partial charge on any atom is -0.381 e. The first kappa shape index (κ1) is 19.4. The van der Waals surface area contributed by atoms with Crippen LogP contribution in [0.5, 0.6) is 0 Å². The topological polar surface area (TPSA) is 61.2 Å². The van der Waals surface area contributed by atoms with Gasteiger partial charge in [-0.3, -0.25) is 0 Å². The number of benzene rings is 1. The van der Waals surface area contributed by atoms with Crippen LogP contribution in [-0.4, -0.2) is 47.4 Å². The smallest absolute Gasteiger partial charge is 0.381 e. The predicted octanol–water partition coefficient (Wildman–Crippen LogP) is 2.92. The highest BCUT2D eigenvalue weighted by Gasteiger charge is 2.32. The number of aromatic nitrogens is 3. The molecule has 0 amide bonds. The van der Waals surface area contributed by atoms with Gasteiger partial charge in [-0.2, -0.15) is 13.2 Å². The first-order valence-electron chi connectivity index (χ1n) is 9.48. The zero-order valence-corrected chi connectivity index (χ0v) is 15.4. The number of halogens is 3. The number of nitrogens with zero attached hydrogens (tertiary/aromatic N) is 3. The lowest BCUT2D eigenvalue weighted by molar-refractivity contribution is -0.137. The summed E-state index contributed by atoms with van der Waals surface area (Å²) in [5, 5.41) is 11.9. The van der Waals surface area contributed by atoms with E-state index in [0.29, 0.717) is 24.6 Å². The Morgan fingerprint density at radius 2 is 1.89 bits per heavy atom. The molecule has 0 saturated carbocycles. The molecule has 0 spiro atoms. The molecule has 2 atom stereocenters. The van der Waals surface area contributed by atoms with Crippen molar-refractivity contribution in [1.82, 2.24) is 20.3 Å². The lowest BCUT2D eigenvalue weighted by atomic mass is 9.97. The van der Waals surface area contributed by atoms with Crippen molar-refractivity contribution in [3.8, 4) is 0 Å². The van der Waals surface area contributed by atoms with Crippen molar-refractivity contribution >= 4 is 0 Å². The quantitative estimate of drug-likeness (QED) is 0.842. The van der Waals surface area contributed by atoms with E-state index in [0.717, 1.165) is 43.9 Å². The highest BCUT2D eigenvalue weighted by molar-refractivity contribution is 5.24.